The van der Waals surface area contributed by atoms with E-state index in [0.717, 1.165) is 5.56 Å². The minimum atomic E-state index is -0.477. The van der Waals surface area contributed by atoms with Gasteiger partial charge in [0.1, 0.15) is 0 Å². The molecule has 0 fully saturated rings. The van der Waals surface area contributed by atoms with Crippen molar-refractivity contribution in [1.82, 2.24) is 0 Å². The van der Waals surface area contributed by atoms with Crippen LogP contribution in [0.15, 0.2) is 74.6 Å². The molecule has 0 aliphatic rings. The molecule has 0 aliphatic heterocycles. The van der Waals surface area contributed by atoms with Gasteiger partial charge in [-0.15, -0.1) is 0 Å². The molecule has 0 unspecified atom stereocenters. The summed E-state index contributed by atoms with van der Waals surface area (Å²) in [6.45, 7) is 3.35. The molecule has 0 amide bonds. The number of hydrogen-bond acceptors (Lipinski definition) is 8. The largest absolute Gasteiger partial charge is 0.240 e. The molecule has 3 aromatic rings. The predicted octanol–water partition coefficient (Wildman–Crippen LogP) is 5.35. The third kappa shape index (κ3) is 4.92. The molecular formula is C25H16N4O4. The summed E-state index contributed by atoms with van der Waals surface area (Å²) in [6.07, 6.45) is 6.07. The van der Waals surface area contributed by atoms with Crippen LogP contribution >= 0.6 is 0 Å². The van der Waals surface area contributed by atoms with Gasteiger partial charge >= 0.3 is 0 Å². The molecule has 0 heterocycles. The van der Waals surface area contributed by atoms with Crippen molar-refractivity contribution in [3.63, 3.8) is 0 Å². The Morgan fingerprint density at radius 2 is 0.879 bits per heavy atom. The van der Waals surface area contributed by atoms with Crippen LogP contribution in [0.4, 0.5) is 22.7 Å². The van der Waals surface area contributed by atoms with E-state index in [1.54, 1.807) is 38.1 Å². The highest BCUT2D eigenvalue weighted by Gasteiger charge is 2.22. The first kappa shape index (κ1) is 22.9. The number of isocyanates is 4. The van der Waals surface area contributed by atoms with Gasteiger partial charge in [0.05, 0.1) is 22.7 Å². The van der Waals surface area contributed by atoms with Crippen molar-refractivity contribution < 1.29 is 19.2 Å². The quantitative estimate of drug-likeness (QED) is 0.282. The number of benzene rings is 3. The molecule has 3 aromatic carbocycles. The number of hydrogen-bond donors (Lipinski definition) is 0. The van der Waals surface area contributed by atoms with Crippen LogP contribution in [0, 0.1) is 13.8 Å². The van der Waals surface area contributed by atoms with Crippen LogP contribution in [0.3, 0.4) is 0 Å². The third-order valence-corrected chi connectivity index (χ3v) is 5.21. The number of aliphatic imine (C=N–C) groups is 4. The fraction of sp³-hybridized carbons (Fsp3) is 0.120. The molecule has 0 aliphatic carbocycles. The van der Waals surface area contributed by atoms with Crippen molar-refractivity contribution in [3.8, 4) is 0 Å². The second kappa shape index (κ2) is 10.5. The maximum atomic E-state index is 11.0. The van der Waals surface area contributed by atoms with Crippen LogP contribution < -0.4 is 0 Å². The summed E-state index contributed by atoms with van der Waals surface area (Å²) in [6, 6.07) is 16.1. The van der Waals surface area contributed by atoms with E-state index in [-0.39, 0.29) is 0 Å². The highest BCUT2D eigenvalue weighted by Crippen LogP contribution is 2.41. The first-order chi connectivity index (χ1) is 16.0. The van der Waals surface area contributed by atoms with E-state index in [1.165, 1.54) is 24.3 Å². The summed E-state index contributed by atoms with van der Waals surface area (Å²) in [5.74, 6) is -0.477. The summed E-state index contributed by atoms with van der Waals surface area (Å²) in [4.78, 5) is 59.0. The van der Waals surface area contributed by atoms with Crippen LogP contribution in [0.25, 0.3) is 0 Å². The van der Waals surface area contributed by atoms with Gasteiger partial charge in [-0.2, -0.15) is 20.0 Å². The molecule has 0 N–H and O–H groups in total. The molecule has 8 nitrogen and oxygen atoms in total. The lowest BCUT2D eigenvalue weighted by Gasteiger charge is -2.21. The molecule has 3 rings (SSSR count). The van der Waals surface area contributed by atoms with Gasteiger partial charge < -0.3 is 0 Å². The van der Waals surface area contributed by atoms with E-state index in [4.69, 9.17) is 0 Å². The topological polar surface area (TPSA) is 118 Å². The van der Waals surface area contributed by atoms with Crippen LogP contribution in [0.2, 0.25) is 0 Å². The molecule has 0 atom stereocenters. The Kier molecular flexibility index (Phi) is 7.25. The van der Waals surface area contributed by atoms with Gasteiger partial charge in [-0.05, 0) is 54.8 Å². The average Bonchev–Trinajstić information content (AvgIpc) is 2.81. The van der Waals surface area contributed by atoms with E-state index < -0.39 is 5.92 Å². The fourth-order valence-electron chi connectivity index (χ4n) is 3.63. The molecule has 0 bridgehead atoms. The lowest BCUT2D eigenvalue weighted by molar-refractivity contribution is 0.564. The van der Waals surface area contributed by atoms with E-state index in [0.29, 0.717) is 45.0 Å². The minimum Gasteiger partial charge on any atom is -0.211 e. The zero-order valence-electron chi connectivity index (χ0n) is 17.7. The van der Waals surface area contributed by atoms with E-state index in [9.17, 15) is 19.2 Å². The monoisotopic (exact) mass is 436 g/mol. The van der Waals surface area contributed by atoms with Gasteiger partial charge in [0.2, 0.25) is 24.3 Å². The van der Waals surface area contributed by atoms with Gasteiger partial charge in [0.25, 0.3) is 0 Å². The third-order valence-electron chi connectivity index (χ3n) is 5.21. The molecule has 33 heavy (non-hydrogen) atoms. The molecule has 0 aromatic heterocycles. The second-order valence-corrected chi connectivity index (χ2v) is 7.02. The summed E-state index contributed by atoms with van der Waals surface area (Å²) >= 11 is 0. The summed E-state index contributed by atoms with van der Waals surface area (Å²) in [7, 11) is 0. The standard InChI is InChI=1S/C25H16N4O4/c1-16-21(26-12-30)8-19(9-22(16)27-13-31)25(18-6-4-3-5-7-18)20-10-23(28-14-32)17(2)24(11-20)29-15-33/h3-11,25H,1-2H3. The van der Waals surface area contributed by atoms with E-state index in [2.05, 4.69) is 20.0 Å². The predicted molar refractivity (Wildman–Crippen MR) is 121 cm³/mol. The van der Waals surface area contributed by atoms with E-state index in [1.807, 2.05) is 30.3 Å². The Balaban J connectivity index is 2.41. The van der Waals surface area contributed by atoms with Gasteiger partial charge in [-0.1, -0.05) is 30.3 Å². The zero-order chi connectivity index (χ0) is 23.8. The number of rotatable bonds is 7. The zero-order valence-corrected chi connectivity index (χ0v) is 17.7. The number of nitrogens with zero attached hydrogens (tertiary/aromatic N) is 4. The Morgan fingerprint density at radius 1 is 0.545 bits per heavy atom. The molecule has 8 heteroatoms. The lowest BCUT2D eigenvalue weighted by atomic mass is 9.83. The minimum absolute atomic E-state index is 0.293. The highest BCUT2D eigenvalue weighted by atomic mass is 16.1. The average molecular weight is 436 g/mol. The second-order valence-electron chi connectivity index (χ2n) is 7.02. The first-order valence-electron chi connectivity index (χ1n) is 9.69. The molecule has 0 saturated heterocycles. The Labute approximate surface area is 188 Å². The summed E-state index contributed by atoms with van der Waals surface area (Å²) in [5, 5.41) is 0. The lowest BCUT2D eigenvalue weighted by Crippen LogP contribution is -2.04. The molecule has 0 saturated carbocycles. The fourth-order valence-corrected chi connectivity index (χ4v) is 3.63. The van der Waals surface area contributed by atoms with Gasteiger partial charge in [-0.3, -0.25) is 0 Å². The SMILES string of the molecule is Cc1c(N=C=O)cc(C(c2ccccc2)c2cc(N=C=O)c(C)c(N=C=O)c2)cc1N=C=O. The molecule has 0 spiro atoms. The molecular weight excluding hydrogens is 420 g/mol. The van der Waals surface area contributed by atoms with Crippen molar-refractivity contribution in [1.29, 1.82) is 0 Å². The van der Waals surface area contributed by atoms with Crippen LogP contribution in [0.1, 0.15) is 33.7 Å². The smallest absolute Gasteiger partial charge is 0.211 e. The van der Waals surface area contributed by atoms with Crippen LogP contribution in [-0.2, 0) is 19.2 Å². The van der Waals surface area contributed by atoms with Gasteiger partial charge in [0.15, 0.2) is 0 Å². The maximum Gasteiger partial charge on any atom is 0.240 e. The van der Waals surface area contributed by atoms with Gasteiger partial charge in [0, 0.05) is 17.0 Å². The van der Waals surface area contributed by atoms with E-state index >= 15 is 0 Å². The Bertz CT molecular complexity index is 1240. The Hall–Kier alpha value is -4.82. The summed E-state index contributed by atoms with van der Waals surface area (Å²) < 4.78 is 0. The van der Waals surface area contributed by atoms with Crippen LogP contribution in [0.5, 0.6) is 0 Å². The van der Waals surface area contributed by atoms with Crippen molar-refractivity contribution in [2.45, 2.75) is 19.8 Å². The van der Waals surface area contributed by atoms with Crippen molar-refractivity contribution in [2.24, 2.45) is 20.0 Å². The van der Waals surface area contributed by atoms with Gasteiger partial charge in [-0.25, -0.2) is 19.2 Å². The molecule has 160 valence electrons. The Morgan fingerprint density at radius 3 is 1.18 bits per heavy atom. The van der Waals surface area contributed by atoms with Crippen molar-refractivity contribution in [2.75, 3.05) is 0 Å². The molecule has 0 radical (unpaired) electrons. The van der Waals surface area contributed by atoms with Crippen LogP contribution in [-0.4, -0.2) is 24.3 Å². The van der Waals surface area contributed by atoms with Crippen molar-refractivity contribution in [3.05, 3.63) is 82.4 Å². The highest BCUT2D eigenvalue weighted by molar-refractivity contribution is 5.71. The number of carbonyl (C=O) groups excluding carboxylic acids is 4. The normalized spacial score (nSPS) is 10.6. The van der Waals surface area contributed by atoms with Crippen molar-refractivity contribution >= 4 is 47.1 Å². The maximum absolute atomic E-state index is 11.0. The first-order valence-corrected chi connectivity index (χ1v) is 9.69. The summed E-state index contributed by atoms with van der Waals surface area (Å²) in [5.41, 5.74) is 4.32.